The number of methoxy groups -OCH3 is 1. The molecule has 2 heterocycles. The molecule has 0 radical (unpaired) electrons. The SMILES string of the molecule is COC[C@@]1(CO)C(=O)[C@@H]2CCCN1C2. The second kappa shape index (κ2) is 3.61. The molecule has 14 heavy (non-hydrogen) atoms. The van der Waals surface area contributed by atoms with E-state index in [2.05, 4.69) is 4.90 Å². The number of piperidine rings is 1. The van der Waals surface area contributed by atoms with Crippen LogP contribution in [0.25, 0.3) is 0 Å². The van der Waals surface area contributed by atoms with Gasteiger partial charge in [-0.15, -0.1) is 0 Å². The van der Waals surface area contributed by atoms with Gasteiger partial charge in [0.25, 0.3) is 0 Å². The van der Waals surface area contributed by atoms with Gasteiger partial charge in [0.2, 0.25) is 0 Å². The van der Waals surface area contributed by atoms with Crippen LogP contribution in [0.2, 0.25) is 0 Å². The molecular weight excluding hydrogens is 182 g/mol. The molecule has 1 N–H and O–H groups in total. The molecular formula is C10H17NO3. The number of aliphatic hydroxyl groups is 1. The van der Waals surface area contributed by atoms with Gasteiger partial charge in [-0.25, -0.2) is 0 Å². The lowest BCUT2D eigenvalue weighted by Crippen LogP contribution is -2.54. The van der Waals surface area contributed by atoms with E-state index in [0.717, 1.165) is 25.9 Å². The highest BCUT2D eigenvalue weighted by Crippen LogP contribution is 2.36. The van der Waals surface area contributed by atoms with Crippen LogP contribution in [0.4, 0.5) is 0 Å². The van der Waals surface area contributed by atoms with Crippen molar-refractivity contribution < 1.29 is 14.6 Å². The van der Waals surface area contributed by atoms with Crippen molar-refractivity contribution in [1.82, 2.24) is 4.90 Å². The standard InChI is InChI=1S/C10H17NO3/c1-14-7-10(6-12)9(13)8-3-2-4-11(10)5-8/h8,12H,2-7H2,1H3/t8-,10+/m1/s1. The first-order valence-electron chi connectivity index (χ1n) is 5.14. The summed E-state index contributed by atoms with van der Waals surface area (Å²) in [5.41, 5.74) is -0.726. The topological polar surface area (TPSA) is 49.8 Å². The van der Waals surface area contributed by atoms with Gasteiger partial charge in [0.1, 0.15) is 5.54 Å². The molecule has 2 aliphatic rings. The van der Waals surface area contributed by atoms with Gasteiger partial charge >= 0.3 is 0 Å². The fourth-order valence-corrected chi connectivity index (χ4v) is 2.74. The third kappa shape index (κ3) is 1.21. The predicted octanol–water partition coefficient (Wildman–Crippen LogP) is -0.341. The highest BCUT2D eigenvalue weighted by Gasteiger charge is 2.54. The number of rotatable bonds is 3. The van der Waals surface area contributed by atoms with E-state index in [0.29, 0.717) is 6.61 Å². The Balaban J connectivity index is 2.26. The number of ether oxygens (including phenoxy) is 1. The van der Waals surface area contributed by atoms with Crippen LogP contribution in [0.5, 0.6) is 0 Å². The Morgan fingerprint density at radius 1 is 1.71 bits per heavy atom. The van der Waals surface area contributed by atoms with E-state index in [1.807, 2.05) is 0 Å². The summed E-state index contributed by atoms with van der Waals surface area (Å²) in [7, 11) is 1.58. The van der Waals surface area contributed by atoms with Gasteiger partial charge in [-0.3, -0.25) is 9.69 Å². The van der Waals surface area contributed by atoms with Crippen LogP contribution in [-0.2, 0) is 9.53 Å². The first-order valence-corrected chi connectivity index (χ1v) is 5.14. The van der Waals surface area contributed by atoms with Gasteiger partial charge in [0.15, 0.2) is 5.78 Å². The van der Waals surface area contributed by atoms with E-state index in [9.17, 15) is 9.90 Å². The fourth-order valence-electron chi connectivity index (χ4n) is 2.74. The van der Waals surface area contributed by atoms with Gasteiger partial charge in [0, 0.05) is 19.6 Å². The molecule has 0 aromatic rings. The lowest BCUT2D eigenvalue weighted by Gasteiger charge is -2.34. The summed E-state index contributed by atoms with van der Waals surface area (Å²) < 4.78 is 5.08. The minimum Gasteiger partial charge on any atom is -0.394 e. The van der Waals surface area contributed by atoms with E-state index >= 15 is 0 Å². The first-order chi connectivity index (χ1) is 6.74. The Hall–Kier alpha value is -0.450. The maximum atomic E-state index is 12.0. The molecule has 4 heteroatoms. The van der Waals surface area contributed by atoms with Crippen molar-refractivity contribution in [3.8, 4) is 0 Å². The number of ketones is 1. The number of carbonyl (C=O) groups is 1. The van der Waals surface area contributed by atoms with Crippen LogP contribution in [0.3, 0.4) is 0 Å². The van der Waals surface area contributed by atoms with E-state index in [1.165, 1.54) is 0 Å². The van der Waals surface area contributed by atoms with E-state index in [-0.39, 0.29) is 18.3 Å². The molecule has 0 aromatic carbocycles. The Morgan fingerprint density at radius 3 is 3.07 bits per heavy atom. The highest BCUT2D eigenvalue weighted by molar-refractivity contribution is 5.93. The predicted molar refractivity (Wildman–Crippen MR) is 51.0 cm³/mol. The number of carbonyl (C=O) groups excluding carboxylic acids is 1. The number of fused-ring (bicyclic) bond motifs is 2. The molecule has 0 saturated carbocycles. The molecule has 0 aromatic heterocycles. The lowest BCUT2D eigenvalue weighted by molar-refractivity contribution is -0.132. The number of hydrogen-bond donors (Lipinski definition) is 1. The molecule has 0 amide bonds. The summed E-state index contributed by atoms with van der Waals surface area (Å²) in [5, 5.41) is 9.42. The van der Waals surface area contributed by atoms with Crippen LogP contribution in [0.1, 0.15) is 12.8 Å². The number of nitrogens with zero attached hydrogens (tertiary/aromatic N) is 1. The van der Waals surface area contributed by atoms with E-state index < -0.39 is 5.54 Å². The number of Topliss-reactive ketones (excluding diaryl/α,β-unsaturated/α-hetero) is 1. The van der Waals surface area contributed by atoms with Crippen molar-refractivity contribution in [3.05, 3.63) is 0 Å². The summed E-state index contributed by atoms with van der Waals surface area (Å²) in [6.45, 7) is 1.92. The van der Waals surface area contributed by atoms with Crippen LogP contribution in [0.15, 0.2) is 0 Å². The molecule has 0 spiro atoms. The van der Waals surface area contributed by atoms with Crippen LogP contribution >= 0.6 is 0 Å². The van der Waals surface area contributed by atoms with Gasteiger partial charge in [-0.1, -0.05) is 0 Å². The molecule has 2 bridgehead atoms. The van der Waals surface area contributed by atoms with E-state index in [1.54, 1.807) is 7.11 Å². The molecule has 4 nitrogen and oxygen atoms in total. The molecule has 1 unspecified atom stereocenters. The van der Waals surface area contributed by atoms with Gasteiger partial charge in [-0.05, 0) is 19.4 Å². The average Bonchev–Trinajstić information content (AvgIpc) is 2.41. The molecule has 2 fully saturated rings. The maximum Gasteiger partial charge on any atom is 0.162 e. The zero-order valence-electron chi connectivity index (χ0n) is 8.53. The lowest BCUT2D eigenvalue weighted by atomic mass is 9.91. The van der Waals surface area contributed by atoms with Crippen LogP contribution in [-0.4, -0.2) is 54.7 Å². The zero-order chi connectivity index (χ0) is 10.2. The third-order valence-corrected chi connectivity index (χ3v) is 3.50. The third-order valence-electron chi connectivity index (χ3n) is 3.50. The number of aliphatic hydroxyl groups excluding tert-OH is 1. The summed E-state index contributed by atoms with van der Waals surface area (Å²) in [6.07, 6.45) is 2.03. The smallest absolute Gasteiger partial charge is 0.162 e. The fraction of sp³-hybridized carbons (Fsp3) is 0.900. The maximum absolute atomic E-state index is 12.0. The Kier molecular flexibility index (Phi) is 2.60. The Labute approximate surface area is 83.8 Å². The van der Waals surface area contributed by atoms with E-state index in [4.69, 9.17) is 4.74 Å². The minimum atomic E-state index is -0.726. The summed E-state index contributed by atoms with van der Waals surface area (Å²) in [6, 6.07) is 0. The summed E-state index contributed by atoms with van der Waals surface area (Å²) in [5.74, 6) is 0.311. The molecule has 3 atom stereocenters. The first kappa shape index (κ1) is 10.1. The van der Waals surface area contributed by atoms with Crippen molar-refractivity contribution in [2.45, 2.75) is 18.4 Å². The molecule has 80 valence electrons. The normalized spacial score (nSPS) is 41.7. The van der Waals surface area contributed by atoms with Crippen LogP contribution in [0, 0.1) is 5.92 Å². The van der Waals surface area contributed by atoms with Gasteiger partial charge in [0.05, 0.1) is 13.2 Å². The van der Waals surface area contributed by atoms with Crippen molar-refractivity contribution in [3.63, 3.8) is 0 Å². The van der Waals surface area contributed by atoms with Gasteiger partial charge < -0.3 is 9.84 Å². The van der Waals surface area contributed by atoms with Crippen molar-refractivity contribution >= 4 is 5.78 Å². The molecule has 2 saturated heterocycles. The zero-order valence-corrected chi connectivity index (χ0v) is 8.53. The second-order valence-electron chi connectivity index (χ2n) is 4.27. The molecule has 2 rings (SSSR count). The van der Waals surface area contributed by atoms with Crippen molar-refractivity contribution in [2.24, 2.45) is 5.92 Å². The van der Waals surface area contributed by atoms with Crippen molar-refractivity contribution in [2.75, 3.05) is 33.4 Å². The van der Waals surface area contributed by atoms with Gasteiger partial charge in [-0.2, -0.15) is 0 Å². The summed E-state index contributed by atoms with van der Waals surface area (Å²) in [4.78, 5) is 14.1. The monoisotopic (exact) mass is 199 g/mol. The van der Waals surface area contributed by atoms with Crippen LogP contribution < -0.4 is 0 Å². The van der Waals surface area contributed by atoms with Crippen molar-refractivity contribution in [1.29, 1.82) is 0 Å². The molecule has 2 aliphatic heterocycles. The molecule has 0 aliphatic carbocycles. The Morgan fingerprint density at radius 2 is 2.50 bits per heavy atom. The second-order valence-corrected chi connectivity index (χ2v) is 4.27. The Bertz CT molecular complexity index is 244. The minimum absolute atomic E-state index is 0.115. The largest absolute Gasteiger partial charge is 0.394 e. The highest BCUT2D eigenvalue weighted by atomic mass is 16.5. The average molecular weight is 199 g/mol. The number of hydrogen-bond acceptors (Lipinski definition) is 4. The quantitative estimate of drug-likeness (QED) is 0.675. The summed E-state index contributed by atoms with van der Waals surface area (Å²) >= 11 is 0.